The summed E-state index contributed by atoms with van der Waals surface area (Å²) in [5, 5.41) is 2.52. The molecule has 6 heteroatoms. The van der Waals surface area contributed by atoms with Gasteiger partial charge in [0.05, 0.1) is 13.2 Å². The standard InChI is InChI=1S/C14H17FN2O3/c1-20-13(18)9-16-14(19)17-8-2-3-12(17)10-4-6-11(15)7-5-10/h4-7,12H,2-3,8-9H2,1H3,(H,16,19). The van der Waals surface area contributed by atoms with Crippen LogP contribution >= 0.6 is 0 Å². The molecule has 0 radical (unpaired) electrons. The number of esters is 1. The van der Waals surface area contributed by atoms with E-state index in [-0.39, 0.29) is 24.4 Å². The van der Waals surface area contributed by atoms with Crippen LogP contribution in [-0.2, 0) is 9.53 Å². The molecule has 0 bridgehead atoms. The highest BCUT2D eigenvalue weighted by atomic mass is 19.1. The van der Waals surface area contributed by atoms with Crippen LogP contribution in [0.2, 0.25) is 0 Å². The molecular weight excluding hydrogens is 263 g/mol. The maximum atomic E-state index is 12.9. The fourth-order valence-electron chi connectivity index (χ4n) is 2.36. The Balaban J connectivity index is 2.01. The quantitative estimate of drug-likeness (QED) is 0.860. The molecule has 0 saturated carbocycles. The number of methoxy groups -OCH3 is 1. The zero-order valence-electron chi connectivity index (χ0n) is 11.3. The van der Waals surface area contributed by atoms with Gasteiger partial charge in [0.2, 0.25) is 0 Å². The number of halogens is 1. The second kappa shape index (κ2) is 6.36. The molecule has 1 atom stereocenters. The van der Waals surface area contributed by atoms with E-state index in [9.17, 15) is 14.0 Å². The molecule has 1 unspecified atom stereocenters. The van der Waals surface area contributed by atoms with E-state index in [1.54, 1.807) is 17.0 Å². The Morgan fingerprint density at radius 2 is 2.10 bits per heavy atom. The summed E-state index contributed by atoms with van der Waals surface area (Å²) in [5.74, 6) is -0.788. The molecule has 108 valence electrons. The Hall–Kier alpha value is -2.11. The minimum atomic E-state index is -0.490. The van der Waals surface area contributed by atoms with Crippen molar-refractivity contribution in [2.45, 2.75) is 18.9 Å². The van der Waals surface area contributed by atoms with Gasteiger partial charge >= 0.3 is 12.0 Å². The summed E-state index contributed by atoms with van der Waals surface area (Å²) in [6.07, 6.45) is 1.71. The number of rotatable bonds is 3. The van der Waals surface area contributed by atoms with E-state index in [0.29, 0.717) is 6.54 Å². The van der Waals surface area contributed by atoms with Crippen LogP contribution in [0.4, 0.5) is 9.18 Å². The van der Waals surface area contributed by atoms with Crippen LogP contribution in [0, 0.1) is 5.82 Å². The van der Waals surface area contributed by atoms with Crippen molar-refractivity contribution in [2.75, 3.05) is 20.2 Å². The summed E-state index contributed by atoms with van der Waals surface area (Å²) < 4.78 is 17.4. The smallest absolute Gasteiger partial charge is 0.325 e. The zero-order chi connectivity index (χ0) is 14.5. The molecule has 20 heavy (non-hydrogen) atoms. The molecular formula is C14H17FN2O3. The van der Waals surface area contributed by atoms with Crippen molar-refractivity contribution in [3.8, 4) is 0 Å². The molecule has 0 aliphatic carbocycles. The number of nitrogens with one attached hydrogen (secondary N) is 1. The Morgan fingerprint density at radius 3 is 2.75 bits per heavy atom. The number of hydrogen-bond acceptors (Lipinski definition) is 3. The Labute approximate surface area is 116 Å². The summed E-state index contributed by atoms with van der Waals surface area (Å²) in [7, 11) is 1.27. The van der Waals surface area contributed by atoms with Crippen molar-refractivity contribution in [1.82, 2.24) is 10.2 Å². The number of benzene rings is 1. The molecule has 1 aromatic rings. The van der Waals surface area contributed by atoms with Gasteiger partial charge in [-0.25, -0.2) is 9.18 Å². The first-order chi connectivity index (χ1) is 9.61. The maximum absolute atomic E-state index is 12.9. The predicted molar refractivity (Wildman–Crippen MR) is 70.5 cm³/mol. The molecule has 1 fully saturated rings. The van der Waals surface area contributed by atoms with Crippen molar-refractivity contribution in [3.05, 3.63) is 35.6 Å². The second-order valence-corrected chi connectivity index (χ2v) is 4.64. The molecule has 1 heterocycles. The second-order valence-electron chi connectivity index (χ2n) is 4.64. The molecule has 1 aliphatic heterocycles. The number of hydrogen-bond donors (Lipinski definition) is 1. The lowest BCUT2D eigenvalue weighted by molar-refractivity contribution is -0.139. The molecule has 0 aromatic heterocycles. The fraction of sp³-hybridized carbons (Fsp3) is 0.429. The lowest BCUT2D eigenvalue weighted by Gasteiger charge is -2.25. The van der Waals surface area contributed by atoms with Gasteiger partial charge in [0.1, 0.15) is 12.4 Å². The summed E-state index contributed by atoms with van der Waals surface area (Å²) in [6.45, 7) is 0.469. The van der Waals surface area contributed by atoms with Gasteiger partial charge in [-0.15, -0.1) is 0 Å². The van der Waals surface area contributed by atoms with Crippen molar-refractivity contribution in [3.63, 3.8) is 0 Å². The number of ether oxygens (including phenoxy) is 1. The van der Waals surface area contributed by atoms with Crippen molar-refractivity contribution < 1.29 is 18.7 Å². The average molecular weight is 280 g/mol. The highest BCUT2D eigenvalue weighted by molar-refractivity contribution is 5.81. The van der Waals surface area contributed by atoms with Crippen molar-refractivity contribution in [2.24, 2.45) is 0 Å². The first-order valence-corrected chi connectivity index (χ1v) is 6.48. The molecule has 1 saturated heterocycles. The molecule has 1 aliphatic rings. The normalized spacial score (nSPS) is 17.9. The third-order valence-electron chi connectivity index (χ3n) is 3.38. The average Bonchev–Trinajstić information content (AvgIpc) is 2.94. The molecule has 5 nitrogen and oxygen atoms in total. The minimum absolute atomic E-state index is 0.0757. The van der Waals surface area contributed by atoms with Crippen LogP contribution in [0.15, 0.2) is 24.3 Å². The lowest BCUT2D eigenvalue weighted by atomic mass is 10.0. The molecule has 1 aromatic carbocycles. The number of nitrogens with zero attached hydrogens (tertiary/aromatic N) is 1. The summed E-state index contributed by atoms with van der Waals surface area (Å²) in [4.78, 5) is 24.7. The van der Waals surface area contributed by atoms with E-state index in [1.807, 2.05) is 0 Å². The number of carbonyl (C=O) groups is 2. The third-order valence-corrected chi connectivity index (χ3v) is 3.38. The fourth-order valence-corrected chi connectivity index (χ4v) is 2.36. The molecule has 1 N–H and O–H groups in total. The van der Waals surface area contributed by atoms with Crippen LogP contribution in [0.5, 0.6) is 0 Å². The van der Waals surface area contributed by atoms with E-state index in [1.165, 1.54) is 19.2 Å². The molecule has 2 amide bonds. The zero-order valence-corrected chi connectivity index (χ0v) is 11.3. The minimum Gasteiger partial charge on any atom is -0.468 e. The van der Waals surface area contributed by atoms with Gasteiger partial charge in [-0.05, 0) is 30.5 Å². The topological polar surface area (TPSA) is 58.6 Å². The van der Waals surface area contributed by atoms with Crippen LogP contribution < -0.4 is 5.32 Å². The Kier molecular flexibility index (Phi) is 4.55. The maximum Gasteiger partial charge on any atom is 0.325 e. The van der Waals surface area contributed by atoms with Gasteiger partial charge < -0.3 is 15.0 Å². The van der Waals surface area contributed by atoms with Crippen LogP contribution in [0.1, 0.15) is 24.4 Å². The van der Waals surface area contributed by atoms with Gasteiger partial charge in [-0.1, -0.05) is 12.1 Å². The van der Waals surface area contributed by atoms with Gasteiger partial charge in [-0.2, -0.15) is 0 Å². The summed E-state index contributed by atoms with van der Waals surface area (Å²) >= 11 is 0. The first kappa shape index (κ1) is 14.3. The first-order valence-electron chi connectivity index (χ1n) is 6.48. The SMILES string of the molecule is COC(=O)CNC(=O)N1CCCC1c1ccc(F)cc1. The van der Waals surface area contributed by atoms with Crippen molar-refractivity contribution >= 4 is 12.0 Å². The van der Waals surface area contributed by atoms with E-state index in [2.05, 4.69) is 10.1 Å². The highest BCUT2D eigenvalue weighted by Gasteiger charge is 2.30. The van der Waals surface area contributed by atoms with Crippen LogP contribution in [0.3, 0.4) is 0 Å². The monoisotopic (exact) mass is 280 g/mol. The summed E-state index contributed by atoms with van der Waals surface area (Å²) in [5.41, 5.74) is 0.900. The Morgan fingerprint density at radius 1 is 1.40 bits per heavy atom. The van der Waals surface area contributed by atoms with Crippen LogP contribution in [0.25, 0.3) is 0 Å². The van der Waals surface area contributed by atoms with Gasteiger partial charge in [0.25, 0.3) is 0 Å². The van der Waals surface area contributed by atoms with Gasteiger partial charge in [0.15, 0.2) is 0 Å². The van der Waals surface area contributed by atoms with Crippen molar-refractivity contribution in [1.29, 1.82) is 0 Å². The van der Waals surface area contributed by atoms with E-state index in [0.717, 1.165) is 18.4 Å². The molecule has 2 rings (SSSR count). The van der Waals surface area contributed by atoms with Gasteiger partial charge in [0, 0.05) is 6.54 Å². The third kappa shape index (κ3) is 3.26. The molecule has 0 spiro atoms. The van der Waals surface area contributed by atoms with Gasteiger partial charge in [-0.3, -0.25) is 4.79 Å². The Bertz CT molecular complexity index is 490. The largest absolute Gasteiger partial charge is 0.468 e. The summed E-state index contributed by atoms with van der Waals surface area (Å²) in [6, 6.07) is 5.77. The number of likely N-dealkylation sites (tertiary alicyclic amines) is 1. The number of urea groups is 1. The van der Waals surface area contributed by atoms with E-state index in [4.69, 9.17) is 0 Å². The predicted octanol–water partition coefficient (Wildman–Crippen LogP) is 1.85. The van der Waals surface area contributed by atoms with E-state index < -0.39 is 5.97 Å². The highest BCUT2D eigenvalue weighted by Crippen LogP contribution is 2.31. The number of amides is 2. The number of carbonyl (C=O) groups excluding carboxylic acids is 2. The lowest BCUT2D eigenvalue weighted by Crippen LogP contribution is -2.41. The van der Waals surface area contributed by atoms with E-state index >= 15 is 0 Å². The van der Waals surface area contributed by atoms with Crippen LogP contribution in [-0.4, -0.2) is 37.1 Å².